The number of hydrogen-bond donors (Lipinski definition) is 1. The summed E-state index contributed by atoms with van der Waals surface area (Å²) in [5, 5.41) is 9.35. The lowest BCUT2D eigenvalue weighted by Crippen LogP contribution is -2.23. The fraction of sp³-hybridized carbons (Fsp3) is 0.0741. The molecule has 0 bridgehead atoms. The SMILES string of the molecule is COc1cccc(-c2ccc(CNC(=O)c3cccc(-n4cccn4)c3)c3cnccc23)c1. The van der Waals surface area contributed by atoms with Gasteiger partial charge in [0.05, 0.1) is 12.8 Å². The van der Waals surface area contributed by atoms with Crippen molar-refractivity contribution in [1.82, 2.24) is 20.1 Å². The minimum atomic E-state index is -0.141. The lowest BCUT2D eigenvalue weighted by Gasteiger charge is -2.13. The Morgan fingerprint density at radius 2 is 1.88 bits per heavy atom. The van der Waals surface area contributed by atoms with Gasteiger partial charge in [0.25, 0.3) is 5.91 Å². The smallest absolute Gasteiger partial charge is 0.251 e. The third-order valence-electron chi connectivity index (χ3n) is 5.61. The number of carbonyl (C=O) groups excluding carboxylic acids is 1. The number of hydrogen-bond acceptors (Lipinski definition) is 4. The van der Waals surface area contributed by atoms with Crippen molar-refractivity contribution in [3.8, 4) is 22.6 Å². The molecule has 0 radical (unpaired) electrons. The van der Waals surface area contributed by atoms with Crippen LogP contribution in [-0.2, 0) is 6.54 Å². The van der Waals surface area contributed by atoms with Crippen molar-refractivity contribution in [3.63, 3.8) is 0 Å². The average molecular weight is 434 g/mol. The van der Waals surface area contributed by atoms with Crippen LogP contribution in [0.1, 0.15) is 15.9 Å². The van der Waals surface area contributed by atoms with E-state index in [-0.39, 0.29) is 5.91 Å². The fourth-order valence-corrected chi connectivity index (χ4v) is 3.93. The van der Waals surface area contributed by atoms with Crippen LogP contribution in [0.5, 0.6) is 5.75 Å². The second-order valence-electron chi connectivity index (χ2n) is 7.61. The first-order valence-corrected chi connectivity index (χ1v) is 10.6. The molecule has 6 heteroatoms. The van der Waals surface area contributed by atoms with Crippen molar-refractivity contribution in [1.29, 1.82) is 0 Å². The number of aromatic nitrogens is 3. The van der Waals surface area contributed by atoms with E-state index >= 15 is 0 Å². The number of amides is 1. The van der Waals surface area contributed by atoms with Gasteiger partial charge in [-0.1, -0.05) is 30.3 Å². The normalized spacial score (nSPS) is 10.8. The monoisotopic (exact) mass is 434 g/mol. The standard InChI is InChI=1S/C27H22N4O2/c1-33-23-8-3-5-19(16-23)24-10-9-21(26-18-28-13-11-25(24)26)17-29-27(32)20-6-2-7-22(15-20)31-14-4-12-30-31/h2-16,18H,17H2,1H3,(H,29,32). The Hall–Kier alpha value is -4.45. The first kappa shape index (κ1) is 20.5. The number of nitrogens with one attached hydrogen (secondary N) is 1. The van der Waals surface area contributed by atoms with Gasteiger partial charge in [0.2, 0.25) is 0 Å². The summed E-state index contributed by atoms with van der Waals surface area (Å²) in [6, 6.07) is 23.4. The van der Waals surface area contributed by atoms with E-state index in [0.717, 1.165) is 38.9 Å². The second-order valence-corrected chi connectivity index (χ2v) is 7.61. The van der Waals surface area contributed by atoms with Gasteiger partial charge in [-0.2, -0.15) is 5.10 Å². The fourth-order valence-electron chi connectivity index (χ4n) is 3.93. The van der Waals surface area contributed by atoms with Crippen molar-refractivity contribution in [2.45, 2.75) is 6.54 Å². The number of nitrogens with zero attached hydrogens (tertiary/aromatic N) is 3. The largest absolute Gasteiger partial charge is 0.497 e. The maximum atomic E-state index is 12.9. The highest BCUT2D eigenvalue weighted by atomic mass is 16.5. The zero-order valence-electron chi connectivity index (χ0n) is 18.1. The first-order valence-electron chi connectivity index (χ1n) is 10.6. The molecule has 5 rings (SSSR count). The van der Waals surface area contributed by atoms with Crippen LogP contribution in [0.25, 0.3) is 27.6 Å². The minimum absolute atomic E-state index is 0.141. The number of methoxy groups -OCH3 is 1. The predicted octanol–water partition coefficient (Wildman–Crippen LogP) is 5.03. The lowest BCUT2D eigenvalue weighted by molar-refractivity contribution is 0.0951. The Balaban J connectivity index is 1.41. The van der Waals surface area contributed by atoms with Crippen LogP contribution in [0.2, 0.25) is 0 Å². The maximum Gasteiger partial charge on any atom is 0.251 e. The Bertz CT molecular complexity index is 1430. The molecule has 1 N–H and O–H groups in total. The van der Waals surface area contributed by atoms with E-state index < -0.39 is 0 Å². The molecule has 0 aliphatic carbocycles. The molecule has 162 valence electrons. The van der Waals surface area contributed by atoms with Crippen LogP contribution in [0.15, 0.2) is 97.6 Å². The average Bonchev–Trinajstić information content (AvgIpc) is 3.42. The summed E-state index contributed by atoms with van der Waals surface area (Å²) in [7, 11) is 1.66. The molecule has 0 saturated heterocycles. The second kappa shape index (κ2) is 8.96. The van der Waals surface area contributed by atoms with Crippen LogP contribution >= 0.6 is 0 Å². The lowest BCUT2D eigenvalue weighted by atomic mass is 9.96. The molecule has 0 aliphatic rings. The maximum absolute atomic E-state index is 12.9. The summed E-state index contributed by atoms with van der Waals surface area (Å²) < 4.78 is 7.12. The van der Waals surface area contributed by atoms with Gasteiger partial charge < -0.3 is 10.1 Å². The van der Waals surface area contributed by atoms with Crippen molar-refractivity contribution in [2.24, 2.45) is 0 Å². The summed E-state index contributed by atoms with van der Waals surface area (Å²) in [6.45, 7) is 0.394. The van der Waals surface area contributed by atoms with E-state index in [4.69, 9.17) is 4.74 Å². The van der Waals surface area contributed by atoms with Crippen LogP contribution in [0.3, 0.4) is 0 Å². The zero-order chi connectivity index (χ0) is 22.6. The van der Waals surface area contributed by atoms with E-state index in [1.54, 1.807) is 30.3 Å². The van der Waals surface area contributed by atoms with Gasteiger partial charge >= 0.3 is 0 Å². The summed E-state index contributed by atoms with van der Waals surface area (Å²) >= 11 is 0. The summed E-state index contributed by atoms with van der Waals surface area (Å²) in [5.41, 5.74) is 4.58. The van der Waals surface area contributed by atoms with E-state index in [9.17, 15) is 4.79 Å². The van der Waals surface area contributed by atoms with Gasteiger partial charge in [-0.05, 0) is 64.5 Å². The van der Waals surface area contributed by atoms with Crippen LogP contribution in [-0.4, -0.2) is 27.8 Å². The van der Waals surface area contributed by atoms with E-state index in [0.29, 0.717) is 12.1 Å². The van der Waals surface area contributed by atoms with E-state index in [2.05, 4.69) is 27.5 Å². The van der Waals surface area contributed by atoms with Crippen LogP contribution in [0.4, 0.5) is 0 Å². The Labute approximate surface area is 191 Å². The molecule has 0 aliphatic heterocycles. The highest BCUT2D eigenvalue weighted by molar-refractivity contribution is 5.99. The molecule has 2 heterocycles. The number of carbonyl (C=O) groups is 1. The van der Waals surface area contributed by atoms with Gasteiger partial charge in [0.1, 0.15) is 5.75 Å². The molecule has 0 atom stereocenters. The van der Waals surface area contributed by atoms with Crippen molar-refractivity contribution in [3.05, 3.63) is 109 Å². The highest BCUT2D eigenvalue weighted by Crippen LogP contribution is 2.32. The summed E-state index contributed by atoms with van der Waals surface area (Å²) in [6.07, 6.45) is 7.19. The molecule has 0 saturated carbocycles. The van der Waals surface area contributed by atoms with Gasteiger partial charge in [-0.15, -0.1) is 0 Å². The zero-order valence-corrected chi connectivity index (χ0v) is 18.1. The van der Waals surface area contributed by atoms with Crippen molar-refractivity contribution >= 4 is 16.7 Å². The van der Waals surface area contributed by atoms with E-state index in [1.165, 1.54) is 0 Å². The van der Waals surface area contributed by atoms with E-state index in [1.807, 2.05) is 67.0 Å². The van der Waals surface area contributed by atoms with Crippen molar-refractivity contribution in [2.75, 3.05) is 7.11 Å². The molecule has 1 amide bonds. The third kappa shape index (κ3) is 4.19. The molecule has 3 aromatic carbocycles. The molecule has 2 aromatic heterocycles. The molecule has 6 nitrogen and oxygen atoms in total. The highest BCUT2D eigenvalue weighted by Gasteiger charge is 2.11. The Kier molecular flexibility index (Phi) is 5.55. The Morgan fingerprint density at radius 3 is 2.73 bits per heavy atom. The quantitative estimate of drug-likeness (QED) is 0.407. The first-order chi connectivity index (χ1) is 16.2. The van der Waals surface area contributed by atoms with Gasteiger partial charge in [0.15, 0.2) is 0 Å². The molecule has 0 unspecified atom stereocenters. The molecule has 0 spiro atoms. The van der Waals surface area contributed by atoms with Crippen LogP contribution < -0.4 is 10.1 Å². The number of ether oxygens (including phenoxy) is 1. The number of rotatable bonds is 6. The van der Waals surface area contributed by atoms with Gasteiger partial charge in [0, 0.05) is 42.3 Å². The number of fused-ring (bicyclic) bond motifs is 1. The van der Waals surface area contributed by atoms with Gasteiger partial charge in [-0.25, -0.2) is 4.68 Å². The Morgan fingerprint density at radius 1 is 0.970 bits per heavy atom. The van der Waals surface area contributed by atoms with Gasteiger partial charge in [-0.3, -0.25) is 9.78 Å². The topological polar surface area (TPSA) is 69.0 Å². The summed E-state index contributed by atoms with van der Waals surface area (Å²) in [4.78, 5) is 17.2. The number of pyridine rings is 1. The number of benzene rings is 3. The molecule has 33 heavy (non-hydrogen) atoms. The predicted molar refractivity (Wildman–Crippen MR) is 128 cm³/mol. The van der Waals surface area contributed by atoms with Crippen LogP contribution in [0, 0.1) is 0 Å². The summed E-state index contributed by atoms with van der Waals surface area (Å²) in [5.74, 6) is 0.668. The molecule has 5 aromatic rings. The molecule has 0 fully saturated rings. The van der Waals surface area contributed by atoms with Crippen molar-refractivity contribution < 1.29 is 9.53 Å². The molecular weight excluding hydrogens is 412 g/mol. The minimum Gasteiger partial charge on any atom is -0.497 e. The third-order valence-corrected chi connectivity index (χ3v) is 5.61. The molecular formula is C27H22N4O2.